The van der Waals surface area contributed by atoms with E-state index < -0.39 is 0 Å². The van der Waals surface area contributed by atoms with Crippen LogP contribution in [0.3, 0.4) is 0 Å². The first kappa shape index (κ1) is 12.4. The van der Waals surface area contributed by atoms with E-state index in [2.05, 4.69) is 4.98 Å². The van der Waals surface area contributed by atoms with Crippen molar-refractivity contribution in [1.82, 2.24) is 4.98 Å². The number of hydrogen-bond donors (Lipinski definition) is 1. The maximum Gasteiger partial charge on any atom is 0.149 e. The molecule has 0 spiro atoms. The highest BCUT2D eigenvalue weighted by Crippen LogP contribution is 2.25. The number of ether oxygens (including phenoxy) is 1. The molecule has 3 nitrogen and oxygen atoms in total. The highest BCUT2D eigenvalue weighted by atomic mass is 32.2. The molecule has 0 fully saturated rings. The lowest BCUT2D eigenvalue weighted by Crippen LogP contribution is -2.12. The van der Waals surface area contributed by atoms with E-state index in [0.29, 0.717) is 0 Å². The van der Waals surface area contributed by atoms with E-state index in [-0.39, 0.29) is 6.04 Å². The Bertz CT molecular complexity index is 442. The average molecular weight is 266 g/mol. The molecule has 1 aromatic carbocycles. The van der Waals surface area contributed by atoms with Crippen LogP contribution in [0, 0.1) is 0 Å². The number of nitrogens with zero attached hydrogens (tertiary/aromatic N) is 1. The highest BCUT2D eigenvalue weighted by Gasteiger charge is 2.07. The number of aromatic nitrogens is 1. The maximum absolute atomic E-state index is 6.12. The minimum Gasteiger partial charge on any atom is -0.497 e. The van der Waals surface area contributed by atoms with Crippen molar-refractivity contribution in [3.63, 3.8) is 0 Å². The van der Waals surface area contributed by atoms with Crippen LogP contribution in [0.4, 0.5) is 0 Å². The Balaban J connectivity index is 1.92. The Kier molecular flexibility index (Phi) is 4.42. The molecule has 1 heterocycles. The van der Waals surface area contributed by atoms with Crippen molar-refractivity contribution in [3.8, 4) is 5.75 Å². The Labute approximate surface area is 109 Å². The van der Waals surface area contributed by atoms with Crippen molar-refractivity contribution >= 4 is 23.1 Å². The van der Waals surface area contributed by atoms with Gasteiger partial charge in [0.1, 0.15) is 10.1 Å². The molecule has 1 unspecified atom stereocenters. The summed E-state index contributed by atoms with van der Waals surface area (Å²) in [5, 5.41) is 1.97. The van der Waals surface area contributed by atoms with E-state index >= 15 is 0 Å². The SMILES string of the molecule is COc1ccc(C(N)CSc2nccs2)cc1. The van der Waals surface area contributed by atoms with Crippen molar-refractivity contribution in [3.05, 3.63) is 41.4 Å². The summed E-state index contributed by atoms with van der Waals surface area (Å²) >= 11 is 3.33. The third kappa shape index (κ3) is 3.46. The van der Waals surface area contributed by atoms with Crippen LogP contribution in [0.2, 0.25) is 0 Å². The summed E-state index contributed by atoms with van der Waals surface area (Å²) in [5.74, 6) is 1.69. The summed E-state index contributed by atoms with van der Waals surface area (Å²) in [7, 11) is 1.66. The third-order valence-electron chi connectivity index (χ3n) is 2.34. The first-order valence-corrected chi connectivity index (χ1v) is 7.08. The topological polar surface area (TPSA) is 48.1 Å². The molecular weight excluding hydrogens is 252 g/mol. The number of thioether (sulfide) groups is 1. The smallest absolute Gasteiger partial charge is 0.149 e. The molecule has 5 heteroatoms. The lowest BCUT2D eigenvalue weighted by atomic mass is 10.1. The van der Waals surface area contributed by atoms with Gasteiger partial charge in [0.25, 0.3) is 0 Å². The molecule has 2 N–H and O–H groups in total. The van der Waals surface area contributed by atoms with Gasteiger partial charge in [-0.3, -0.25) is 0 Å². The second-order valence-corrected chi connectivity index (χ2v) is 5.65. The highest BCUT2D eigenvalue weighted by molar-refractivity contribution is 8.01. The first-order chi connectivity index (χ1) is 8.29. The van der Waals surface area contributed by atoms with Gasteiger partial charge in [-0.15, -0.1) is 11.3 Å². The summed E-state index contributed by atoms with van der Waals surface area (Å²) < 4.78 is 6.18. The van der Waals surface area contributed by atoms with Crippen molar-refractivity contribution < 1.29 is 4.74 Å². The summed E-state index contributed by atoms with van der Waals surface area (Å²) in [6, 6.07) is 7.90. The van der Waals surface area contributed by atoms with Gasteiger partial charge in [-0.1, -0.05) is 23.9 Å². The fourth-order valence-electron chi connectivity index (χ4n) is 1.39. The Morgan fingerprint density at radius 1 is 1.41 bits per heavy atom. The second-order valence-electron chi connectivity index (χ2n) is 3.49. The van der Waals surface area contributed by atoms with E-state index in [4.69, 9.17) is 10.5 Å². The molecule has 90 valence electrons. The molecule has 2 rings (SSSR count). The predicted octanol–water partition coefficient (Wildman–Crippen LogP) is 2.94. The van der Waals surface area contributed by atoms with Crippen molar-refractivity contribution in [1.29, 1.82) is 0 Å². The number of thiazole rings is 1. The van der Waals surface area contributed by atoms with Crippen molar-refractivity contribution in [2.75, 3.05) is 12.9 Å². The Morgan fingerprint density at radius 3 is 2.76 bits per heavy atom. The number of hydrogen-bond acceptors (Lipinski definition) is 5. The maximum atomic E-state index is 6.12. The Morgan fingerprint density at radius 2 is 2.18 bits per heavy atom. The first-order valence-electron chi connectivity index (χ1n) is 5.21. The molecule has 0 bridgehead atoms. The summed E-state index contributed by atoms with van der Waals surface area (Å²) in [6.45, 7) is 0. The predicted molar refractivity (Wildman–Crippen MR) is 72.8 cm³/mol. The van der Waals surface area contributed by atoms with Crippen LogP contribution < -0.4 is 10.5 Å². The largest absolute Gasteiger partial charge is 0.497 e. The van der Waals surface area contributed by atoms with Gasteiger partial charge in [0.15, 0.2) is 0 Å². The summed E-state index contributed by atoms with van der Waals surface area (Å²) in [6.07, 6.45) is 1.81. The zero-order valence-electron chi connectivity index (χ0n) is 9.50. The monoisotopic (exact) mass is 266 g/mol. The lowest BCUT2D eigenvalue weighted by molar-refractivity contribution is 0.414. The molecule has 0 aliphatic heterocycles. The minimum absolute atomic E-state index is 0.0230. The molecule has 17 heavy (non-hydrogen) atoms. The number of benzene rings is 1. The molecular formula is C12H14N2OS2. The van der Waals surface area contributed by atoms with Crippen LogP contribution >= 0.6 is 23.1 Å². The molecule has 1 atom stereocenters. The fourth-order valence-corrected chi connectivity index (χ4v) is 3.04. The number of methoxy groups -OCH3 is 1. The van der Waals surface area contributed by atoms with E-state index in [0.717, 1.165) is 21.4 Å². The van der Waals surface area contributed by atoms with Gasteiger partial charge in [-0.25, -0.2) is 4.98 Å². The molecule has 0 amide bonds. The van der Waals surface area contributed by atoms with Crippen LogP contribution in [0.25, 0.3) is 0 Å². The van der Waals surface area contributed by atoms with E-state index in [9.17, 15) is 0 Å². The van der Waals surface area contributed by atoms with Gasteiger partial charge in [-0.05, 0) is 17.7 Å². The van der Waals surface area contributed by atoms with E-state index in [1.54, 1.807) is 30.2 Å². The van der Waals surface area contributed by atoms with Crippen molar-refractivity contribution in [2.45, 2.75) is 10.4 Å². The van der Waals surface area contributed by atoms with Gasteiger partial charge in [0.05, 0.1) is 7.11 Å². The second kappa shape index (κ2) is 6.05. The summed E-state index contributed by atoms with van der Waals surface area (Å²) in [4.78, 5) is 4.22. The molecule has 0 saturated carbocycles. The van der Waals surface area contributed by atoms with Crippen LogP contribution in [-0.2, 0) is 0 Å². The standard InChI is InChI=1S/C12H14N2OS2/c1-15-10-4-2-9(3-5-10)11(13)8-17-12-14-6-7-16-12/h2-7,11H,8,13H2,1H3. The quantitative estimate of drug-likeness (QED) is 0.845. The number of nitrogens with two attached hydrogens (primary N) is 1. The van der Waals surface area contributed by atoms with Gasteiger partial charge in [-0.2, -0.15) is 0 Å². The Hall–Kier alpha value is -1.04. The molecule has 1 aromatic heterocycles. The zero-order chi connectivity index (χ0) is 12.1. The van der Waals surface area contributed by atoms with Gasteiger partial charge in [0.2, 0.25) is 0 Å². The minimum atomic E-state index is 0.0230. The molecule has 0 saturated heterocycles. The summed E-state index contributed by atoms with van der Waals surface area (Å²) in [5.41, 5.74) is 7.24. The van der Waals surface area contributed by atoms with Crippen LogP contribution in [0.15, 0.2) is 40.2 Å². The fraction of sp³-hybridized carbons (Fsp3) is 0.250. The molecule has 0 aliphatic rings. The van der Waals surface area contributed by atoms with Crippen LogP contribution in [0.1, 0.15) is 11.6 Å². The normalized spacial score (nSPS) is 12.4. The lowest BCUT2D eigenvalue weighted by Gasteiger charge is -2.11. The van der Waals surface area contributed by atoms with Gasteiger partial charge in [0, 0.05) is 23.4 Å². The molecule has 0 aliphatic carbocycles. The van der Waals surface area contributed by atoms with E-state index in [1.807, 2.05) is 35.8 Å². The van der Waals surface area contributed by atoms with Gasteiger partial charge >= 0.3 is 0 Å². The molecule has 2 aromatic rings. The average Bonchev–Trinajstić information content (AvgIpc) is 2.89. The number of rotatable bonds is 5. The van der Waals surface area contributed by atoms with Crippen LogP contribution in [-0.4, -0.2) is 17.8 Å². The van der Waals surface area contributed by atoms with Gasteiger partial charge < -0.3 is 10.5 Å². The zero-order valence-corrected chi connectivity index (χ0v) is 11.1. The van der Waals surface area contributed by atoms with E-state index in [1.165, 1.54) is 0 Å². The third-order valence-corrected chi connectivity index (χ3v) is 4.43. The van der Waals surface area contributed by atoms with Crippen molar-refractivity contribution in [2.24, 2.45) is 5.73 Å². The van der Waals surface area contributed by atoms with Crippen LogP contribution in [0.5, 0.6) is 5.75 Å². The molecule has 0 radical (unpaired) electrons.